The number of hydrogen-bond acceptors (Lipinski definition) is 3. The molecule has 19 heavy (non-hydrogen) atoms. The molecule has 1 aliphatic rings. The largest absolute Gasteiger partial charge is 0.379 e. The molecule has 1 fully saturated rings. The van der Waals surface area contributed by atoms with E-state index in [0.717, 1.165) is 23.4 Å². The molecule has 104 valence electrons. The third-order valence-corrected chi connectivity index (χ3v) is 3.37. The first-order valence-corrected chi connectivity index (χ1v) is 6.80. The zero-order valence-electron chi connectivity index (χ0n) is 11.8. The molecule has 0 bridgehead atoms. The summed E-state index contributed by atoms with van der Waals surface area (Å²) in [5, 5.41) is 6.29. The first-order chi connectivity index (χ1) is 9.10. The molecule has 0 radical (unpaired) electrons. The van der Waals surface area contributed by atoms with Crippen molar-refractivity contribution >= 4 is 11.6 Å². The fourth-order valence-corrected chi connectivity index (χ4v) is 2.56. The minimum atomic E-state index is -0.110. The molecule has 1 aliphatic heterocycles. The van der Waals surface area contributed by atoms with Gasteiger partial charge < -0.3 is 15.4 Å². The highest BCUT2D eigenvalue weighted by Gasteiger charge is 2.33. The van der Waals surface area contributed by atoms with E-state index in [1.54, 1.807) is 0 Å². The summed E-state index contributed by atoms with van der Waals surface area (Å²) >= 11 is 0. The molecule has 1 saturated heterocycles. The summed E-state index contributed by atoms with van der Waals surface area (Å²) in [6.07, 6.45) is 0. The highest BCUT2D eigenvalue weighted by atomic mass is 16.5. The predicted octanol–water partition coefficient (Wildman–Crippen LogP) is 1.87. The van der Waals surface area contributed by atoms with Gasteiger partial charge in [-0.15, -0.1) is 0 Å². The van der Waals surface area contributed by atoms with Gasteiger partial charge in [0, 0.05) is 11.7 Å². The lowest BCUT2D eigenvalue weighted by molar-refractivity contribution is -0.120. The molecule has 2 rings (SSSR count). The van der Waals surface area contributed by atoms with Crippen LogP contribution in [0, 0.1) is 19.8 Å². The van der Waals surface area contributed by atoms with Crippen molar-refractivity contribution < 1.29 is 9.53 Å². The summed E-state index contributed by atoms with van der Waals surface area (Å²) in [6, 6.07) is 6.19. The molecule has 2 atom stereocenters. The van der Waals surface area contributed by atoms with Crippen molar-refractivity contribution in [2.24, 2.45) is 5.92 Å². The van der Waals surface area contributed by atoms with Crippen LogP contribution < -0.4 is 10.6 Å². The average Bonchev–Trinajstić information content (AvgIpc) is 2.76. The molecule has 0 aromatic heterocycles. The number of rotatable bonds is 4. The Morgan fingerprint density at radius 2 is 1.95 bits per heavy atom. The zero-order chi connectivity index (χ0) is 13.8. The molecule has 1 aromatic rings. The Bertz CT molecular complexity index is 439. The number of amides is 1. The zero-order valence-corrected chi connectivity index (χ0v) is 11.8. The molecule has 4 nitrogen and oxygen atoms in total. The smallest absolute Gasteiger partial charge is 0.231 e. The van der Waals surface area contributed by atoms with Crippen LogP contribution >= 0.6 is 0 Å². The minimum Gasteiger partial charge on any atom is -0.379 e. The summed E-state index contributed by atoms with van der Waals surface area (Å²) < 4.78 is 5.41. The fourth-order valence-electron chi connectivity index (χ4n) is 2.56. The first kappa shape index (κ1) is 14.0. The number of nitrogens with one attached hydrogen (secondary N) is 2. The molecule has 1 aromatic carbocycles. The molecule has 0 spiro atoms. The maximum Gasteiger partial charge on any atom is 0.231 e. The maximum atomic E-state index is 12.3. The van der Waals surface area contributed by atoms with Gasteiger partial charge in [0.15, 0.2) is 0 Å². The van der Waals surface area contributed by atoms with Crippen molar-refractivity contribution in [2.75, 3.05) is 25.1 Å². The Kier molecular flexibility index (Phi) is 4.56. The second-order valence-electron chi connectivity index (χ2n) is 5.17. The van der Waals surface area contributed by atoms with Crippen molar-refractivity contribution in [2.45, 2.75) is 26.8 Å². The van der Waals surface area contributed by atoms with Crippen molar-refractivity contribution in [3.8, 4) is 0 Å². The van der Waals surface area contributed by atoms with E-state index < -0.39 is 0 Å². The summed E-state index contributed by atoms with van der Waals surface area (Å²) in [7, 11) is 0. The predicted molar refractivity (Wildman–Crippen MR) is 76.3 cm³/mol. The Hall–Kier alpha value is -1.39. The van der Waals surface area contributed by atoms with Crippen molar-refractivity contribution in [1.29, 1.82) is 0 Å². The Morgan fingerprint density at radius 1 is 1.26 bits per heavy atom. The number of benzene rings is 1. The van der Waals surface area contributed by atoms with Crippen LogP contribution in [-0.2, 0) is 9.53 Å². The third-order valence-electron chi connectivity index (χ3n) is 3.37. The average molecular weight is 262 g/mol. The standard InChI is InChI=1S/C15H22N2O2/c1-4-16-14-9-19-8-13(14)15(18)17-12-6-10(2)5-11(3)7-12/h5-7,13-14,16H,4,8-9H2,1-3H3,(H,17,18). The molecule has 0 saturated carbocycles. The van der Waals surface area contributed by atoms with Gasteiger partial charge in [-0.05, 0) is 43.7 Å². The number of anilines is 1. The van der Waals surface area contributed by atoms with Gasteiger partial charge in [-0.3, -0.25) is 4.79 Å². The van der Waals surface area contributed by atoms with Gasteiger partial charge in [0.05, 0.1) is 19.1 Å². The highest BCUT2D eigenvalue weighted by Crippen LogP contribution is 2.18. The Morgan fingerprint density at radius 3 is 2.58 bits per heavy atom. The molecule has 4 heteroatoms. The van der Waals surface area contributed by atoms with E-state index in [0.29, 0.717) is 13.2 Å². The second kappa shape index (κ2) is 6.17. The van der Waals surface area contributed by atoms with Crippen molar-refractivity contribution in [3.63, 3.8) is 0 Å². The molecule has 0 aliphatic carbocycles. The van der Waals surface area contributed by atoms with E-state index in [4.69, 9.17) is 4.74 Å². The quantitative estimate of drug-likeness (QED) is 0.871. The van der Waals surface area contributed by atoms with E-state index in [9.17, 15) is 4.79 Å². The topological polar surface area (TPSA) is 50.4 Å². The SMILES string of the molecule is CCNC1COCC1C(=O)Nc1cc(C)cc(C)c1. The van der Waals surface area contributed by atoms with E-state index in [1.165, 1.54) is 0 Å². The van der Waals surface area contributed by atoms with Crippen LogP contribution in [0.15, 0.2) is 18.2 Å². The molecule has 1 amide bonds. The summed E-state index contributed by atoms with van der Waals surface area (Å²) in [5.41, 5.74) is 3.17. The van der Waals surface area contributed by atoms with E-state index in [-0.39, 0.29) is 17.9 Å². The van der Waals surface area contributed by atoms with Gasteiger partial charge in [0.25, 0.3) is 0 Å². The van der Waals surface area contributed by atoms with Gasteiger partial charge in [0.1, 0.15) is 0 Å². The molecular weight excluding hydrogens is 240 g/mol. The highest BCUT2D eigenvalue weighted by molar-refractivity contribution is 5.93. The van der Waals surface area contributed by atoms with Gasteiger partial charge in [-0.25, -0.2) is 0 Å². The molecule has 2 unspecified atom stereocenters. The van der Waals surface area contributed by atoms with Gasteiger partial charge in [-0.2, -0.15) is 0 Å². The van der Waals surface area contributed by atoms with Crippen LogP contribution in [0.4, 0.5) is 5.69 Å². The number of ether oxygens (including phenoxy) is 1. The van der Waals surface area contributed by atoms with E-state index in [2.05, 4.69) is 16.7 Å². The molecular formula is C15H22N2O2. The van der Waals surface area contributed by atoms with Crippen LogP contribution in [-0.4, -0.2) is 31.7 Å². The lowest BCUT2D eigenvalue weighted by atomic mass is 10.0. The Balaban J connectivity index is 2.04. The van der Waals surface area contributed by atoms with Gasteiger partial charge >= 0.3 is 0 Å². The van der Waals surface area contributed by atoms with E-state index >= 15 is 0 Å². The fraction of sp³-hybridized carbons (Fsp3) is 0.533. The van der Waals surface area contributed by atoms with E-state index in [1.807, 2.05) is 32.9 Å². The van der Waals surface area contributed by atoms with Crippen LogP contribution in [0.1, 0.15) is 18.1 Å². The minimum absolute atomic E-state index is 0.0356. The molecule has 2 N–H and O–H groups in total. The summed E-state index contributed by atoms with van der Waals surface area (Å²) in [5.74, 6) is -0.0748. The number of carbonyl (C=O) groups excluding carboxylic acids is 1. The van der Waals surface area contributed by atoms with Crippen molar-refractivity contribution in [1.82, 2.24) is 5.32 Å². The summed E-state index contributed by atoms with van der Waals surface area (Å²) in [6.45, 7) is 8.05. The monoisotopic (exact) mass is 262 g/mol. The first-order valence-electron chi connectivity index (χ1n) is 6.80. The normalized spacial score (nSPS) is 22.5. The third kappa shape index (κ3) is 3.55. The van der Waals surface area contributed by atoms with Crippen LogP contribution in [0.2, 0.25) is 0 Å². The van der Waals surface area contributed by atoms with Crippen molar-refractivity contribution in [3.05, 3.63) is 29.3 Å². The van der Waals surface area contributed by atoms with Crippen LogP contribution in [0.5, 0.6) is 0 Å². The number of carbonyl (C=O) groups is 1. The maximum absolute atomic E-state index is 12.3. The Labute approximate surface area is 114 Å². The van der Waals surface area contributed by atoms with Crippen LogP contribution in [0.25, 0.3) is 0 Å². The summed E-state index contributed by atoms with van der Waals surface area (Å²) in [4.78, 5) is 12.3. The number of aryl methyl sites for hydroxylation is 2. The lowest BCUT2D eigenvalue weighted by Crippen LogP contribution is -2.41. The van der Waals surface area contributed by atoms with Gasteiger partial charge in [-0.1, -0.05) is 13.0 Å². The second-order valence-corrected chi connectivity index (χ2v) is 5.17. The van der Waals surface area contributed by atoms with Crippen LogP contribution in [0.3, 0.4) is 0 Å². The van der Waals surface area contributed by atoms with Gasteiger partial charge in [0.2, 0.25) is 5.91 Å². The lowest BCUT2D eigenvalue weighted by Gasteiger charge is -2.18. The molecule has 1 heterocycles. The number of hydrogen-bond donors (Lipinski definition) is 2. The number of likely N-dealkylation sites (N-methyl/N-ethyl adjacent to an activating group) is 1.